The highest BCUT2D eigenvalue weighted by molar-refractivity contribution is 9.10. The summed E-state index contributed by atoms with van der Waals surface area (Å²) in [5.41, 5.74) is 0. The Kier molecular flexibility index (Phi) is 5.13. The summed E-state index contributed by atoms with van der Waals surface area (Å²) in [5.74, 6) is 0. The lowest BCUT2D eigenvalue weighted by atomic mass is 10.1. The maximum atomic E-state index is 3.49. The minimum Gasteiger partial charge on any atom is -0.298 e. The van der Waals surface area contributed by atoms with Gasteiger partial charge in [-0.1, -0.05) is 13.8 Å². The Morgan fingerprint density at radius 3 is 2.50 bits per heavy atom. The smallest absolute Gasteiger partial charge is 0.0328 e. The largest absolute Gasteiger partial charge is 0.298 e. The summed E-state index contributed by atoms with van der Waals surface area (Å²) < 4.78 is 1.20. The second-order valence-electron chi connectivity index (χ2n) is 3.62. The van der Waals surface area contributed by atoms with Gasteiger partial charge in [0.15, 0.2) is 0 Å². The van der Waals surface area contributed by atoms with E-state index in [9.17, 15) is 0 Å². The predicted octanol–water partition coefficient (Wildman–Crippen LogP) is 4.13. The minimum atomic E-state index is 0.718. The van der Waals surface area contributed by atoms with Crippen LogP contribution in [0.4, 0.5) is 0 Å². The van der Waals surface area contributed by atoms with Gasteiger partial charge in [-0.2, -0.15) is 0 Å². The Balaban J connectivity index is 2.51. The molecule has 0 radical (unpaired) electrons. The van der Waals surface area contributed by atoms with Gasteiger partial charge < -0.3 is 0 Å². The van der Waals surface area contributed by atoms with E-state index in [-0.39, 0.29) is 0 Å². The van der Waals surface area contributed by atoms with Crippen molar-refractivity contribution >= 4 is 27.3 Å². The molecule has 80 valence electrons. The molecule has 0 saturated heterocycles. The number of hydrogen-bond donors (Lipinski definition) is 0. The van der Waals surface area contributed by atoms with Crippen molar-refractivity contribution in [1.82, 2.24) is 4.90 Å². The van der Waals surface area contributed by atoms with Gasteiger partial charge in [0, 0.05) is 27.3 Å². The molecule has 0 aliphatic carbocycles. The molecular weight excluding hydrogens is 258 g/mol. The van der Waals surface area contributed by atoms with Gasteiger partial charge in [-0.3, -0.25) is 4.90 Å². The maximum Gasteiger partial charge on any atom is 0.0328 e. The maximum absolute atomic E-state index is 3.49. The van der Waals surface area contributed by atoms with Crippen LogP contribution in [0.1, 0.15) is 31.6 Å². The van der Waals surface area contributed by atoms with E-state index in [2.05, 4.69) is 53.2 Å². The van der Waals surface area contributed by atoms with Crippen LogP contribution in [0, 0.1) is 0 Å². The van der Waals surface area contributed by atoms with E-state index >= 15 is 0 Å². The van der Waals surface area contributed by atoms with Gasteiger partial charge in [0.2, 0.25) is 0 Å². The average molecular weight is 276 g/mol. The van der Waals surface area contributed by atoms with Crippen LogP contribution >= 0.6 is 27.3 Å². The first-order valence-electron chi connectivity index (χ1n) is 5.10. The third-order valence-corrected chi connectivity index (χ3v) is 4.28. The number of halogens is 1. The summed E-state index contributed by atoms with van der Waals surface area (Å²) >= 11 is 5.31. The molecule has 14 heavy (non-hydrogen) atoms. The van der Waals surface area contributed by atoms with Gasteiger partial charge in [-0.25, -0.2) is 0 Å². The standard InChI is InChI=1S/C11H18BrNS/c1-4-10(5-2)13(3)7-11-6-9(12)8-14-11/h6,8,10H,4-5,7H2,1-3H3. The van der Waals surface area contributed by atoms with Crippen LogP contribution in [0.25, 0.3) is 0 Å². The first-order chi connectivity index (χ1) is 6.67. The van der Waals surface area contributed by atoms with E-state index in [4.69, 9.17) is 0 Å². The van der Waals surface area contributed by atoms with E-state index in [1.165, 1.54) is 22.2 Å². The van der Waals surface area contributed by atoms with Crippen molar-refractivity contribution in [2.75, 3.05) is 7.05 Å². The normalized spacial score (nSPS) is 11.6. The molecule has 0 aromatic carbocycles. The van der Waals surface area contributed by atoms with E-state index in [0.29, 0.717) is 0 Å². The van der Waals surface area contributed by atoms with Crippen molar-refractivity contribution in [1.29, 1.82) is 0 Å². The summed E-state index contributed by atoms with van der Waals surface area (Å²) in [6.45, 7) is 5.59. The van der Waals surface area contributed by atoms with Gasteiger partial charge in [-0.15, -0.1) is 11.3 Å². The Labute approximate surface area is 99.3 Å². The van der Waals surface area contributed by atoms with Crippen molar-refractivity contribution in [2.24, 2.45) is 0 Å². The Bertz CT molecular complexity index is 268. The molecular formula is C11H18BrNS. The Hall–Kier alpha value is 0.140. The second kappa shape index (κ2) is 5.89. The van der Waals surface area contributed by atoms with Gasteiger partial charge in [0.05, 0.1) is 0 Å². The summed E-state index contributed by atoms with van der Waals surface area (Å²) in [6.07, 6.45) is 2.47. The first kappa shape index (κ1) is 12.2. The summed E-state index contributed by atoms with van der Waals surface area (Å²) in [4.78, 5) is 3.88. The first-order valence-corrected chi connectivity index (χ1v) is 6.77. The van der Waals surface area contributed by atoms with Gasteiger partial charge in [-0.05, 0) is 41.9 Å². The minimum absolute atomic E-state index is 0.718. The second-order valence-corrected chi connectivity index (χ2v) is 5.53. The molecule has 0 fully saturated rings. The molecule has 0 spiro atoms. The van der Waals surface area contributed by atoms with E-state index in [0.717, 1.165) is 12.6 Å². The van der Waals surface area contributed by atoms with Crippen LogP contribution in [0.2, 0.25) is 0 Å². The van der Waals surface area contributed by atoms with Crippen LogP contribution in [0.5, 0.6) is 0 Å². The molecule has 1 rings (SSSR count). The molecule has 3 heteroatoms. The van der Waals surface area contributed by atoms with E-state index in [1.807, 2.05) is 11.3 Å². The molecule has 0 amide bonds. The highest BCUT2D eigenvalue weighted by atomic mass is 79.9. The Morgan fingerprint density at radius 1 is 1.43 bits per heavy atom. The van der Waals surface area contributed by atoms with Crippen molar-refractivity contribution in [3.63, 3.8) is 0 Å². The predicted molar refractivity (Wildman–Crippen MR) is 67.9 cm³/mol. The van der Waals surface area contributed by atoms with Crippen LogP contribution < -0.4 is 0 Å². The average Bonchev–Trinajstić information content (AvgIpc) is 2.53. The fourth-order valence-corrected chi connectivity index (χ4v) is 3.24. The summed E-state index contributed by atoms with van der Waals surface area (Å²) in [5, 5.41) is 2.15. The Morgan fingerprint density at radius 2 is 2.07 bits per heavy atom. The molecule has 0 unspecified atom stereocenters. The van der Waals surface area contributed by atoms with Crippen LogP contribution in [-0.4, -0.2) is 18.0 Å². The topological polar surface area (TPSA) is 3.24 Å². The van der Waals surface area contributed by atoms with Gasteiger partial charge in [0.1, 0.15) is 0 Å². The lowest BCUT2D eigenvalue weighted by Gasteiger charge is -2.25. The van der Waals surface area contributed by atoms with Crippen molar-refractivity contribution in [2.45, 2.75) is 39.3 Å². The zero-order valence-electron chi connectivity index (χ0n) is 9.09. The van der Waals surface area contributed by atoms with Crippen molar-refractivity contribution in [3.05, 3.63) is 20.8 Å². The zero-order chi connectivity index (χ0) is 10.6. The molecule has 1 nitrogen and oxygen atoms in total. The quantitative estimate of drug-likeness (QED) is 0.781. The lowest BCUT2D eigenvalue weighted by molar-refractivity contribution is 0.223. The number of nitrogens with zero attached hydrogens (tertiary/aromatic N) is 1. The van der Waals surface area contributed by atoms with Crippen LogP contribution in [0.15, 0.2) is 15.9 Å². The highest BCUT2D eigenvalue weighted by Crippen LogP contribution is 2.22. The fraction of sp³-hybridized carbons (Fsp3) is 0.636. The molecule has 0 bridgehead atoms. The molecule has 1 aromatic heterocycles. The van der Waals surface area contributed by atoms with Crippen molar-refractivity contribution < 1.29 is 0 Å². The molecule has 0 atom stereocenters. The lowest BCUT2D eigenvalue weighted by Crippen LogP contribution is -2.29. The number of hydrogen-bond acceptors (Lipinski definition) is 2. The third-order valence-electron chi connectivity index (χ3n) is 2.59. The van der Waals surface area contributed by atoms with Crippen LogP contribution in [-0.2, 0) is 6.54 Å². The summed E-state index contributed by atoms with van der Waals surface area (Å²) in [7, 11) is 2.21. The SMILES string of the molecule is CCC(CC)N(C)Cc1cc(Br)cs1. The van der Waals surface area contributed by atoms with Gasteiger partial charge >= 0.3 is 0 Å². The van der Waals surface area contributed by atoms with Crippen LogP contribution in [0.3, 0.4) is 0 Å². The number of rotatable bonds is 5. The molecule has 0 aliphatic rings. The third kappa shape index (κ3) is 3.37. The highest BCUT2D eigenvalue weighted by Gasteiger charge is 2.11. The monoisotopic (exact) mass is 275 g/mol. The molecule has 1 aromatic rings. The number of thiophene rings is 1. The molecule has 1 heterocycles. The molecule has 0 N–H and O–H groups in total. The van der Waals surface area contributed by atoms with Gasteiger partial charge in [0.25, 0.3) is 0 Å². The van der Waals surface area contributed by atoms with E-state index < -0.39 is 0 Å². The summed E-state index contributed by atoms with van der Waals surface area (Å²) in [6, 6.07) is 2.93. The molecule has 0 aliphatic heterocycles. The fourth-order valence-electron chi connectivity index (χ4n) is 1.72. The van der Waals surface area contributed by atoms with Crippen molar-refractivity contribution in [3.8, 4) is 0 Å². The zero-order valence-corrected chi connectivity index (χ0v) is 11.5. The molecule has 0 saturated carbocycles. The van der Waals surface area contributed by atoms with E-state index in [1.54, 1.807) is 0 Å².